The normalized spacial score (nSPS) is 10.1. The van der Waals surface area contributed by atoms with E-state index in [9.17, 15) is 9.59 Å². The first-order valence-corrected chi connectivity index (χ1v) is 7.37. The molecule has 2 N–H and O–H groups in total. The summed E-state index contributed by atoms with van der Waals surface area (Å²) in [5.74, 6) is -0.341. The van der Waals surface area contributed by atoms with Gasteiger partial charge in [0.1, 0.15) is 0 Å². The zero-order valence-corrected chi connectivity index (χ0v) is 13.0. The highest BCUT2D eigenvalue weighted by molar-refractivity contribution is 5.79. The van der Waals surface area contributed by atoms with Gasteiger partial charge in [0.2, 0.25) is 0 Å². The number of carbonyl (C=O) groups excluding carboxylic acids is 2. The molecule has 7 nitrogen and oxygen atoms in total. The average molecular weight is 316 g/mol. The number of aryl methyl sites for hydroxylation is 1. The summed E-state index contributed by atoms with van der Waals surface area (Å²) >= 11 is 0. The molecule has 2 aromatic rings. The smallest absolute Gasteiger partial charge is 0.407 e. The van der Waals surface area contributed by atoms with E-state index in [1.54, 1.807) is 6.33 Å². The van der Waals surface area contributed by atoms with Gasteiger partial charge >= 0.3 is 6.09 Å². The molecule has 0 saturated heterocycles. The predicted molar refractivity (Wildman–Crippen MR) is 85.7 cm³/mol. The third-order valence-corrected chi connectivity index (χ3v) is 3.18. The molecule has 0 aliphatic heterocycles. The van der Waals surface area contributed by atoms with Crippen LogP contribution in [0.15, 0.2) is 42.9 Å². The van der Waals surface area contributed by atoms with Crippen molar-refractivity contribution >= 4 is 12.0 Å². The van der Waals surface area contributed by atoms with E-state index in [0.29, 0.717) is 6.54 Å². The van der Waals surface area contributed by atoms with Crippen molar-refractivity contribution in [3.8, 4) is 11.3 Å². The lowest BCUT2D eigenvalue weighted by Crippen LogP contribution is -2.31. The first-order chi connectivity index (χ1) is 11.2. The second-order valence-corrected chi connectivity index (χ2v) is 4.89. The SMILES string of the molecule is CNC(=O)COC(=O)NCCCn1cnc(-c2ccccc2)c1. The van der Waals surface area contributed by atoms with Crippen LogP contribution in [0.1, 0.15) is 6.42 Å². The van der Waals surface area contributed by atoms with Crippen molar-refractivity contribution in [3.63, 3.8) is 0 Å². The molecule has 0 saturated carbocycles. The lowest BCUT2D eigenvalue weighted by Gasteiger charge is -2.06. The fraction of sp³-hybridized carbons (Fsp3) is 0.312. The fourth-order valence-corrected chi connectivity index (χ4v) is 1.95. The largest absolute Gasteiger partial charge is 0.439 e. The Kier molecular flexibility index (Phi) is 6.17. The van der Waals surface area contributed by atoms with E-state index in [2.05, 4.69) is 15.6 Å². The average Bonchev–Trinajstić information content (AvgIpc) is 3.06. The highest BCUT2D eigenvalue weighted by Gasteiger charge is 2.05. The molecule has 0 bridgehead atoms. The molecule has 0 atom stereocenters. The van der Waals surface area contributed by atoms with Gasteiger partial charge in [-0.15, -0.1) is 0 Å². The quantitative estimate of drug-likeness (QED) is 0.756. The minimum absolute atomic E-state index is 0.274. The summed E-state index contributed by atoms with van der Waals surface area (Å²) in [5, 5.41) is 4.97. The third kappa shape index (κ3) is 5.46. The number of aromatic nitrogens is 2. The number of hydrogen-bond donors (Lipinski definition) is 2. The lowest BCUT2D eigenvalue weighted by atomic mass is 10.2. The van der Waals surface area contributed by atoms with Crippen molar-refractivity contribution in [2.75, 3.05) is 20.2 Å². The molecule has 1 aromatic heterocycles. The minimum Gasteiger partial charge on any atom is -0.439 e. The van der Waals surface area contributed by atoms with Gasteiger partial charge in [0, 0.05) is 31.9 Å². The van der Waals surface area contributed by atoms with Crippen LogP contribution in [0.25, 0.3) is 11.3 Å². The van der Waals surface area contributed by atoms with Crippen LogP contribution in [0.3, 0.4) is 0 Å². The number of benzene rings is 1. The number of carbonyl (C=O) groups is 2. The topological polar surface area (TPSA) is 85.2 Å². The van der Waals surface area contributed by atoms with E-state index in [1.807, 2.05) is 41.1 Å². The van der Waals surface area contributed by atoms with Gasteiger partial charge in [0.05, 0.1) is 12.0 Å². The van der Waals surface area contributed by atoms with Crippen LogP contribution in [0.2, 0.25) is 0 Å². The van der Waals surface area contributed by atoms with E-state index < -0.39 is 6.09 Å². The van der Waals surface area contributed by atoms with E-state index >= 15 is 0 Å². The monoisotopic (exact) mass is 316 g/mol. The fourth-order valence-electron chi connectivity index (χ4n) is 1.95. The van der Waals surface area contributed by atoms with Crippen LogP contribution in [-0.2, 0) is 16.1 Å². The Morgan fingerprint density at radius 1 is 1.26 bits per heavy atom. The molecule has 0 fully saturated rings. The van der Waals surface area contributed by atoms with Gasteiger partial charge in [-0.05, 0) is 6.42 Å². The summed E-state index contributed by atoms with van der Waals surface area (Å²) < 4.78 is 6.70. The molecule has 0 radical (unpaired) electrons. The summed E-state index contributed by atoms with van der Waals surface area (Å²) in [6, 6.07) is 9.94. The first kappa shape index (κ1) is 16.5. The first-order valence-electron chi connectivity index (χ1n) is 7.37. The van der Waals surface area contributed by atoms with Gasteiger partial charge < -0.3 is 19.9 Å². The Bertz CT molecular complexity index is 640. The number of rotatable bonds is 7. The molecule has 23 heavy (non-hydrogen) atoms. The van der Waals surface area contributed by atoms with Crippen molar-refractivity contribution in [1.29, 1.82) is 0 Å². The maximum absolute atomic E-state index is 11.3. The Morgan fingerprint density at radius 3 is 2.78 bits per heavy atom. The lowest BCUT2D eigenvalue weighted by molar-refractivity contribution is -0.123. The molecule has 0 spiro atoms. The van der Waals surface area contributed by atoms with Crippen molar-refractivity contribution < 1.29 is 14.3 Å². The number of imidazole rings is 1. The Balaban J connectivity index is 1.68. The van der Waals surface area contributed by atoms with E-state index in [-0.39, 0.29) is 12.5 Å². The molecule has 2 rings (SSSR count). The number of amides is 2. The highest BCUT2D eigenvalue weighted by atomic mass is 16.6. The number of nitrogens with one attached hydrogen (secondary N) is 2. The minimum atomic E-state index is -0.593. The van der Waals surface area contributed by atoms with Gasteiger partial charge in [-0.3, -0.25) is 4.79 Å². The number of likely N-dealkylation sites (N-methyl/N-ethyl adjacent to an activating group) is 1. The zero-order chi connectivity index (χ0) is 16.5. The van der Waals surface area contributed by atoms with E-state index in [1.165, 1.54) is 7.05 Å². The van der Waals surface area contributed by atoms with E-state index in [4.69, 9.17) is 4.74 Å². The molecule has 0 aliphatic rings. The third-order valence-electron chi connectivity index (χ3n) is 3.18. The van der Waals surface area contributed by atoms with Crippen molar-refractivity contribution in [3.05, 3.63) is 42.9 Å². The molecule has 1 heterocycles. The molecule has 0 unspecified atom stereocenters. The van der Waals surface area contributed by atoms with Gasteiger partial charge in [0.15, 0.2) is 6.61 Å². The van der Waals surface area contributed by atoms with Gasteiger partial charge in [0.25, 0.3) is 5.91 Å². The van der Waals surface area contributed by atoms with Crippen LogP contribution in [-0.4, -0.2) is 41.8 Å². The summed E-state index contributed by atoms with van der Waals surface area (Å²) in [6.45, 7) is 0.922. The maximum Gasteiger partial charge on any atom is 0.407 e. The molecule has 122 valence electrons. The Morgan fingerprint density at radius 2 is 2.04 bits per heavy atom. The molecular formula is C16H20N4O3. The van der Waals surface area contributed by atoms with Crippen molar-refractivity contribution in [1.82, 2.24) is 20.2 Å². The standard InChI is InChI=1S/C16H20N4O3/c1-17-15(21)11-23-16(22)18-8-5-9-20-10-14(19-12-20)13-6-3-2-4-7-13/h2-4,6-7,10,12H,5,8-9,11H2,1H3,(H,17,21)(H,18,22). The predicted octanol–water partition coefficient (Wildman–Crippen LogP) is 1.41. The highest BCUT2D eigenvalue weighted by Crippen LogP contribution is 2.15. The van der Waals surface area contributed by atoms with Gasteiger partial charge in [-0.1, -0.05) is 30.3 Å². The van der Waals surface area contributed by atoms with Gasteiger partial charge in [-0.2, -0.15) is 0 Å². The Labute approximate surface area is 134 Å². The number of nitrogens with zero attached hydrogens (tertiary/aromatic N) is 2. The van der Waals surface area contributed by atoms with Gasteiger partial charge in [-0.25, -0.2) is 9.78 Å². The molecule has 2 amide bonds. The number of alkyl carbamates (subject to hydrolysis) is 1. The van der Waals surface area contributed by atoms with Crippen LogP contribution >= 0.6 is 0 Å². The van der Waals surface area contributed by atoms with Crippen LogP contribution < -0.4 is 10.6 Å². The van der Waals surface area contributed by atoms with Crippen molar-refractivity contribution in [2.24, 2.45) is 0 Å². The number of hydrogen-bond acceptors (Lipinski definition) is 4. The van der Waals surface area contributed by atoms with Crippen LogP contribution in [0.5, 0.6) is 0 Å². The number of ether oxygens (including phenoxy) is 1. The zero-order valence-electron chi connectivity index (χ0n) is 13.0. The van der Waals surface area contributed by atoms with Crippen molar-refractivity contribution in [2.45, 2.75) is 13.0 Å². The molecular weight excluding hydrogens is 296 g/mol. The second-order valence-electron chi connectivity index (χ2n) is 4.89. The summed E-state index contributed by atoms with van der Waals surface area (Å²) in [5.41, 5.74) is 1.99. The molecule has 1 aromatic carbocycles. The summed E-state index contributed by atoms with van der Waals surface area (Å²) in [6.07, 6.45) is 3.88. The molecule has 0 aliphatic carbocycles. The van der Waals surface area contributed by atoms with Crippen LogP contribution in [0.4, 0.5) is 4.79 Å². The second kappa shape index (κ2) is 8.57. The maximum atomic E-state index is 11.3. The Hall–Kier alpha value is -2.83. The summed E-state index contributed by atoms with van der Waals surface area (Å²) in [4.78, 5) is 26.6. The molecule has 7 heteroatoms. The van der Waals surface area contributed by atoms with E-state index in [0.717, 1.165) is 24.2 Å². The van der Waals surface area contributed by atoms with Crippen LogP contribution in [0, 0.1) is 0 Å². The summed E-state index contributed by atoms with van der Waals surface area (Å²) in [7, 11) is 1.48.